The Morgan fingerprint density at radius 3 is 1.81 bits per heavy atom. The molecule has 0 saturated heterocycles. The molecule has 0 heterocycles. The van der Waals surface area contributed by atoms with Gasteiger partial charge in [0.2, 0.25) is 11.8 Å². The fourth-order valence-corrected chi connectivity index (χ4v) is 1.80. The SMILES string of the molecule is C=CCCC(=O)Nc1cccc(NC(=O)CCC=C)c1C. The third-order valence-corrected chi connectivity index (χ3v) is 3.03. The maximum absolute atomic E-state index is 11.7. The highest BCUT2D eigenvalue weighted by Gasteiger charge is 2.09. The Morgan fingerprint density at radius 1 is 1.00 bits per heavy atom. The molecular formula is C17H22N2O2. The second-order valence-electron chi connectivity index (χ2n) is 4.73. The number of nitrogens with one attached hydrogen (secondary N) is 2. The minimum absolute atomic E-state index is 0.0619. The molecule has 0 bridgehead atoms. The molecular weight excluding hydrogens is 264 g/mol. The minimum atomic E-state index is -0.0619. The van der Waals surface area contributed by atoms with E-state index in [4.69, 9.17) is 0 Å². The average molecular weight is 286 g/mol. The summed E-state index contributed by atoms with van der Waals surface area (Å²) in [4.78, 5) is 23.5. The highest BCUT2D eigenvalue weighted by molar-refractivity contribution is 5.95. The van der Waals surface area contributed by atoms with E-state index in [-0.39, 0.29) is 11.8 Å². The van der Waals surface area contributed by atoms with Gasteiger partial charge in [-0.1, -0.05) is 18.2 Å². The van der Waals surface area contributed by atoms with Crippen LogP contribution in [0.5, 0.6) is 0 Å². The summed E-state index contributed by atoms with van der Waals surface area (Å²) >= 11 is 0. The molecule has 0 spiro atoms. The number of allylic oxidation sites excluding steroid dienone is 2. The number of hydrogen-bond donors (Lipinski definition) is 2. The zero-order chi connectivity index (χ0) is 15.7. The minimum Gasteiger partial charge on any atom is -0.326 e. The summed E-state index contributed by atoms with van der Waals surface area (Å²) in [5, 5.41) is 5.70. The Kier molecular flexibility index (Phi) is 6.95. The van der Waals surface area contributed by atoms with Gasteiger partial charge in [0.15, 0.2) is 0 Å². The Morgan fingerprint density at radius 2 is 1.43 bits per heavy atom. The van der Waals surface area contributed by atoms with Gasteiger partial charge in [-0.3, -0.25) is 9.59 Å². The van der Waals surface area contributed by atoms with Crippen molar-refractivity contribution < 1.29 is 9.59 Å². The molecule has 1 rings (SSSR count). The van der Waals surface area contributed by atoms with E-state index in [0.29, 0.717) is 37.1 Å². The normalized spacial score (nSPS) is 9.76. The van der Waals surface area contributed by atoms with E-state index in [2.05, 4.69) is 23.8 Å². The van der Waals surface area contributed by atoms with Gasteiger partial charge < -0.3 is 10.6 Å². The Balaban J connectivity index is 2.73. The van der Waals surface area contributed by atoms with E-state index in [9.17, 15) is 9.59 Å². The monoisotopic (exact) mass is 286 g/mol. The lowest BCUT2D eigenvalue weighted by Gasteiger charge is -2.13. The van der Waals surface area contributed by atoms with Crippen molar-refractivity contribution in [2.75, 3.05) is 10.6 Å². The molecule has 21 heavy (non-hydrogen) atoms. The maximum Gasteiger partial charge on any atom is 0.224 e. The zero-order valence-corrected chi connectivity index (χ0v) is 12.4. The maximum atomic E-state index is 11.7. The molecule has 0 saturated carbocycles. The van der Waals surface area contributed by atoms with Crippen molar-refractivity contribution in [2.24, 2.45) is 0 Å². The summed E-state index contributed by atoms with van der Waals surface area (Å²) in [5.41, 5.74) is 2.27. The van der Waals surface area contributed by atoms with Crippen LogP contribution in [0.25, 0.3) is 0 Å². The van der Waals surface area contributed by atoms with E-state index in [1.165, 1.54) is 0 Å². The molecule has 1 aromatic carbocycles. The van der Waals surface area contributed by atoms with Gasteiger partial charge >= 0.3 is 0 Å². The number of rotatable bonds is 8. The number of amides is 2. The van der Waals surface area contributed by atoms with Gasteiger partial charge in [-0.25, -0.2) is 0 Å². The molecule has 2 amide bonds. The average Bonchev–Trinajstić information content (AvgIpc) is 2.47. The van der Waals surface area contributed by atoms with Crippen molar-refractivity contribution in [3.05, 3.63) is 49.1 Å². The molecule has 4 heteroatoms. The van der Waals surface area contributed by atoms with Crippen LogP contribution in [-0.2, 0) is 9.59 Å². The first kappa shape index (κ1) is 16.7. The van der Waals surface area contributed by atoms with Gasteiger partial charge in [-0.15, -0.1) is 13.2 Å². The van der Waals surface area contributed by atoms with Crippen molar-refractivity contribution in [1.82, 2.24) is 0 Å². The van der Waals surface area contributed by atoms with Gasteiger partial charge in [-0.05, 0) is 37.5 Å². The summed E-state index contributed by atoms with van der Waals surface area (Å²) in [6.45, 7) is 9.06. The molecule has 1 aromatic rings. The molecule has 0 atom stereocenters. The lowest BCUT2D eigenvalue weighted by atomic mass is 10.1. The second kappa shape index (κ2) is 8.74. The van der Waals surface area contributed by atoms with Crippen molar-refractivity contribution >= 4 is 23.2 Å². The van der Waals surface area contributed by atoms with Crippen LogP contribution in [0.4, 0.5) is 11.4 Å². The first-order chi connectivity index (χ1) is 10.1. The van der Waals surface area contributed by atoms with Gasteiger partial charge in [0.05, 0.1) is 0 Å². The highest BCUT2D eigenvalue weighted by Crippen LogP contribution is 2.23. The molecule has 0 aliphatic heterocycles. The van der Waals surface area contributed by atoms with Crippen LogP contribution < -0.4 is 10.6 Å². The molecule has 0 aromatic heterocycles. The molecule has 2 N–H and O–H groups in total. The third-order valence-electron chi connectivity index (χ3n) is 3.03. The number of anilines is 2. The predicted octanol–water partition coefficient (Wildman–Crippen LogP) is 3.80. The van der Waals surface area contributed by atoms with E-state index < -0.39 is 0 Å². The summed E-state index contributed by atoms with van der Waals surface area (Å²) in [7, 11) is 0. The van der Waals surface area contributed by atoms with Gasteiger partial charge in [-0.2, -0.15) is 0 Å². The van der Waals surface area contributed by atoms with Crippen molar-refractivity contribution in [3.8, 4) is 0 Å². The van der Waals surface area contributed by atoms with Crippen LogP contribution >= 0.6 is 0 Å². The summed E-state index contributed by atoms with van der Waals surface area (Å²) in [5.74, 6) is -0.124. The van der Waals surface area contributed by atoms with Crippen LogP contribution in [0.1, 0.15) is 31.2 Å². The molecule has 4 nitrogen and oxygen atoms in total. The number of hydrogen-bond acceptors (Lipinski definition) is 2. The lowest BCUT2D eigenvalue weighted by molar-refractivity contribution is -0.116. The molecule has 0 aliphatic carbocycles. The molecule has 0 aliphatic rings. The quantitative estimate of drug-likeness (QED) is 0.714. The van der Waals surface area contributed by atoms with Crippen molar-refractivity contribution in [3.63, 3.8) is 0 Å². The molecule has 0 unspecified atom stereocenters. The highest BCUT2D eigenvalue weighted by atomic mass is 16.2. The lowest BCUT2D eigenvalue weighted by Crippen LogP contribution is -2.15. The van der Waals surface area contributed by atoms with Crippen molar-refractivity contribution in [1.29, 1.82) is 0 Å². The fourth-order valence-electron chi connectivity index (χ4n) is 1.80. The zero-order valence-electron chi connectivity index (χ0n) is 12.4. The van der Waals surface area contributed by atoms with E-state index in [1.807, 2.05) is 19.1 Å². The molecule has 112 valence electrons. The molecule has 0 fully saturated rings. The van der Waals surface area contributed by atoms with Gasteiger partial charge in [0, 0.05) is 24.2 Å². The van der Waals surface area contributed by atoms with E-state index in [1.54, 1.807) is 18.2 Å². The summed E-state index contributed by atoms with van der Waals surface area (Å²) in [6, 6.07) is 5.44. The first-order valence-corrected chi connectivity index (χ1v) is 6.99. The van der Waals surface area contributed by atoms with E-state index >= 15 is 0 Å². The van der Waals surface area contributed by atoms with Crippen molar-refractivity contribution in [2.45, 2.75) is 32.6 Å². The van der Waals surface area contributed by atoms with Crippen LogP contribution in [0, 0.1) is 6.92 Å². The summed E-state index contributed by atoms with van der Waals surface area (Å²) in [6.07, 6.45) is 5.51. The third kappa shape index (κ3) is 5.65. The van der Waals surface area contributed by atoms with Crippen LogP contribution in [0.3, 0.4) is 0 Å². The fraction of sp³-hybridized carbons (Fsp3) is 0.294. The number of benzene rings is 1. The van der Waals surface area contributed by atoms with E-state index in [0.717, 1.165) is 5.56 Å². The van der Waals surface area contributed by atoms with Gasteiger partial charge in [0.25, 0.3) is 0 Å². The topological polar surface area (TPSA) is 58.2 Å². The first-order valence-electron chi connectivity index (χ1n) is 6.99. The molecule has 0 radical (unpaired) electrons. The largest absolute Gasteiger partial charge is 0.326 e. The number of carbonyl (C=O) groups excluding carboxylic acids is 2. The Hall–Kier alpha value is -2.36. The smallest absolute Gasteiger partial charge is 0.224 e. The van der Waals surface area contributed by atoms with Crippen LogP contribution in [-0.4, -0.2) is 11.8 Å². The standard InChI is InChI=1S/C17H22N2O2/c1-4-6-11-16(20)18-14-9-8-10-15(13(14)3)19-17(21)12-7-5-2/h4-5,8-10H,1-2,6-7,11-12H2,3H3,(H,18,20)(H,19,21). The summed E-state index contributed by atoms with van der Waals surface area (Å²) < 4.78 is 0. The van der Waals surface area contributed by atoms with Gasteiger partial charge in [0.1, 0.15) is 0 Å². The predicted molar refractivity (Wildman–Crippen MR) is 87.3 cm³/mol. The van der Waals surface area contributed by atoms with Crippen LogP contribution in [0.15, 0.2) is 43.5 Å². The second-order valence-corrected chi connectivity index (χ2v) is 4.73. The Bertz CT molecular complexity index is 491. The van der Waals surface area contributed by atoms with Crippen LogP contribution in [0.2, 0.25) is 0 Å². The Labute approximate surface area is 125 Å². The number of carbonyl (C=O) groups is 2.